The maximum atomic E-state index is 10.6. The maximum absolute atomic E-state index is 10.6. The van der Waals surface area contributed by atoms with E-state index in [-0.39, 0.29) is 66.3 Å². The third-order valence-corrected chi connectivity index (χ3v) is 15.0. The molecule has 8 nitrogen and oxygen atoms in total. The number of aliphatic carboxylic acids is 4. The zero-order valence-electron chi connectivity index (χ0n) is 26.3. The molecule has 0 aromatic heterocycles. The van der Waals surface area contributed by atoms with Crippen molar-refractivity contribution < 1.29 is 39.6 Å². The van der Waals surface area contributed by atoms with Crippen LogP contribution in [0.3, 0.4) is 0 Å². The van der Waals surface area contributed by atoms with Crippen molar-refractivity contribution in [2.24, 2.45) is 0 Å². The van der Waals surface area contributed by atoms with Gasteiger partial charge in [0, 0.05) is 0 Å². The second kappa shape index (κ2) is 30.4. The van der Waals surface area contributed by atoms with Crippen LogP contribution in [0.15, 0.2) is 84.0 Å². The molecule has 0 amide bonds. The van der Waals surface area contributed by atoms with E-state index >= 15 is 0 Å². The molecule has 0 aliphatic rings. The monoisotopic (exact) mass is 820 g/mol. The molecule has 0 heterocycles. The maximum Gasteiger partial charge on any atom is 0.0678 e. The summed E-state index contributed by atoms with van der Waals surface area (Å²) in [6, 6.07) is 17.3. The minimum atomic E-state index is -1.54. The van der Waals surface area contributed by atoms with Gasteiger partial charge in [0.05, 0.1) is 23.9 Å². The molecule has 44 heavy (non-hydrogen) atoms. The van der Waals surface area contributed by atoms with Crippen molar-refractivity contribution in [2.45, 2.75) is 84.0 Å². The van der Waals surface area contributed by atoms with Crippen LogP contribution in [0.2, 0.25) is 17.7 Å². The summed E-state index contributed by atoms with van der Waals surface area (Å²) < 4.78 is 6.38. The average molecular weight is 818 g/mol. The Balaban J connectivity index is 0. The van der Waals surface area contributed by atoms with E-state index in [9.17, 15) is 39.6 Å². The number of carboxylic acids is 4. The van der Waals surface area contributed by atoms with E-state index in [1.54, 1.807) is 78.4 Å². The summed E-state index contributed by atoms with van der Waals surface area (Å²) in [4.78, 5) is 41.6. The summed E-state index contributed by atoms with van der Waals surface area (Å²) >= 11 is 0.363. The molecule has 0 saturated carbocycles. The summed E-state index contributed by atoms with van der Waals surface area (Å²) in [5.41, 5.74) is 0.797. The van der Waals surface area contributed by atoms with Crippen LogP contribution in [0, 0.1) is 0 Å². The number of hydrogen-bond acceptors (Lipinski definition) is 8. The van der Waals surface area contributed by atoms with Gasteiger partial charge in [-0.1, -0.05) is 60.7 Å². The Morgan fingerprint density at radius 1 is 0.523 bits per heavy atom. The van der Waals surface area contributed by atoms with Crippen molar-refractivity contribution in [3.63, 3.8) is 0 Å². The van der Waals surface area contributed by atoms with Gasteiger partial charge in [0.2, 0.25) is 0 Å². The summed E-state index contributed by atoms with van der Waals surface area (Å²) in [6.45, 7) is 9.15. The van der Waals surface area contributed by atoms with Crippen LogP contribution in [0.1, 0.15) is 64.5 Å². The van der Waals surface area contributed by atoms with Crippen LogP contribution < -0.4 is 20.4 Å². The summed E-state index contributed by atoms with van der Waals surface area (Å²) in [7, 11) is 0. The van der Waals surface area contributed by atoms with Crippen LogP contribution in [0.25, 0.3) is 0 Å². The number of carbonyl (C=O) groups excluding carboxylic acids is 4. The van der Waals surface area contributed by atoms with E-state index in [2.05, 4.69) is 27.7 Å². The number of carboxylic acid groups (broad SMARTS) is 4. The SMILES string of the molecule is CC[CH2][Sn+2][CH2]CC.CC[CH2][Sn+2][CH2]CC.O=C([O-])/C=C(/Cc1ccccc1)C(=O)[O-].O=C([O-])/C=C(/Cc1ccccc1)C(=O)[O-]. The van der Waals surface area contributed by atoms with Crippen molar-refractivity contribution in [3.8, 4) is 0 Å². The molecular weight excluding hydrogens is 774 g/mol. The molecule has 2 aromatic rings. The van der Waals surface area contributed by atoms with Crippen LogP contribution in [0.4, 0.5) is 0 Å². The fraction of sp³-hybridized carbons (Fsp3) is 0.412. The van der Waals surface area contributed by atoms with Crippen LogP contribution in [-0.4, -0.2) is 66.2 Å². The van der Waals surface area contributed by atoms with Gasteiger partial charge >= 0.3 is 113 Å². The Bertz CT molecular complexity index is 1020. The molecule has 0 aliphatic heterocycles. The van der Waals surface area contributed by atoms with Gasteiger partial charge in [-0.05, 0) is 47.3 Å². The van der Waals surface area contributed by atoms with E-state index in [0.717, 1.165) is 0 Å². The predicted octanol–water partition coefficient (Wildman–Crippen LogP) is 2.01. The number of benzene rings is 2. The molecule has 0 N–H and O–H groups in total. The Hall–Kier alpha value is -2.60. The molecular formula is C34H44O8Sn2. The molecule has 236 valence electrons. The average Bonchev–Trinajstić information content (AvgIpc) is 2.99. The smallest absolute Gasteiger partial charge is 0.0678 e. The second-order valence-electron chi connectivity index (χ2n) is 9.38. The normalized spacial score (nSPS) is 10.2. The first kappa shape index (κ1) is 43.5. The fourth-order valence-electron chi connectivity index (χ4n) is 3.24. The third kappa shape index (κ3) is 28.2. The molecule has 0 radical (unpaired) electrons. The largest absolute Gasteiger partial charge is 0.545 e. The molecule has 0 fully saturated rings. The van der Waals surface area contributed by atoms with Gasteiger partial charge in [-0.25, -0.2) is 0 Å². The van der Waals surface area contributed by atoms with Crippen molar-refractivity contribution >= 4 is 66.2 Å². The predicted molar refractivity (Wildman–Crippen MR) is 168 cm³/mol. The standard InChI is InChI=1S/2C11H10O4.4C3H7.2Sn/c2*12-10(13)7-9(11(14)15)6-8-4-2-1-3-5-8;4*1-3-2;;/h2*1-5,7H,6H2,(H,12,13)(H,14,15);4*1,3H2,2H3;;/q;;;;;;2*+2/p-4/b2*9-7-;;;;;;. The third-order valence-electron chi connectivity index (χ3n) is 5.29. The number of carbonyl (C=O) groups is 4. The summed E-state index contributed by atoms with van der Waals surface area (Å²) in [6.07, 6.45) is 6.86. The van der Waals surface area contributed by atoms with Crippen molar-refractivity contribution in [2.75, 3.05) is 0 Å². The number of rotatable bonds is 16. The van der Waals surface area contributed by atoms with E-state index in [1.807, 2.05) is 0 Å². The summed E-state index contributed by atoms with van der Waals surface area (Å²) in [5, 5.41) is 41.6. The van der Waals surface area contributed by atoms with Gasteiger partial charge in [-0.3, -0.25) is 0 Å². The van der Waals surface area contributed by atoms with E-state index in [0.29, 0.717) is 23.3 Å². The van der Waals surface area contributed by atoms with E-state index < -0.39 is 23.9 Å². The fourth-order valence-corrected chi connectivity index (χ4v) is 8.70. The second-order valence-corrected chi connectivity index (χ2v) is 17.9. The summed E-state index contributed by atoms with van der Waals surface area (Å²) in [5.74, 6) is -6.07. The van der Waals surface area contributed by atoms with Gasteiger partial charge < -0.3 is 39.6 Å². The molecule has 0 atom stereocenters. The van der Waals surface area contributed by atoms with E-state index in [4.69, 9.17) is 0 Å². The van der Waals surface area contributed by atoms with Gasteiger partial charge in [0.25, 0.3) is 0 Å². The molecule has 0 spiro atoms. The molecule has 0 unspecified atom stereocenters. The molecule has 0 aliphatic carbocycles. The molecule has 0 saturated heterocycles. The van der Waals surface area contributed by atoms with Crippen LogP contribution in [0.5, 0.6) is 0 Å². The zero-order valence-corrected chi connectivity index (χ0v) is 32.0. The Morgan fingerprint density at radius 3 is 1.00 bits per heavy atom. The molecule has 10 heteroatoms. The van der Waals surface area contributed by atoms with Crippen molar-refractivity contribution in [3.05, 3.63) is 95.1 Å². The minimum absolute atomic E-state index is 0.0111. The quantitative estimate of drug-likeness (QED) is 0.141. The molecule has 2 rings (SSSR count). The van der Waals surface area contributed by atoms with E-state index in [1.165, 1.54) is 25.7 Å². The minimum Gasteiger partial charge on any atom is -0.545 e. The van der Waals surface area contributed by atoms with Gasteiger partial charge in [-0.2, -0.15) is 0 Å². The molecule has 0 bridgehead atoms. The first-order valence-electron chi connectivity index (χ1n) is 14.8. The van der Waals surface area contributed by atoms with Gasteiger partial charge in [0.1, 0.15) is 0 Å². The van der Waals surface area contributed by atoms with Gasteiger partial charge in [0.15, 0.2) is 0 Å². The first-order valence-corrected chi connectivity index (χ1v) is 22.8. The van der Waals surface area contributed by atoms with Crippen molar-refractivity contribution in [1.82, 2.24) is 0 Å². The zero-order chi connectivity index (χ0) is 33.6. The Morgan fingerprint density at radius 2 is 0.795 bits per heavy atom. The number of hydrogen-bond donors (Lipinski definition) is 0. The first-order chi connectivity index (χ1) is 21.0. The topological polar surface area (TPSA) is 161 Å². The molecule has 2 aromatic carbocycles. The Labute approximate surface area is 283 Å². The van der Waals surface area contributed by atoms with Crippen LogP contribution in [-0.2, 0) is 32.0 Å². The van der Waals surface area contributed by atoms with Gasteiger partial charge in [-0.15, -0.1) is 0 Å². The Kier molecular flexibility index (Phi) is 30.1. The van der Waals surface area contributed by atoms with Crippen molar-refractivity contribution in [1.29, 1.82) is 0 Å². The van der Waals surface area contributed by atoms with Crippen LogP contribution >= 0.6 is 0 Å².